The van der Waals surface area contributed by atoms with Gasteiger partial charge in [0.2, 0.25) is 0 Å². The first-order valence-corrected chi connectivity index (χ1v) is 9.61. The lowest BCUT2D eigenvalue weighted by Gasteiger charge is -2.16. The molecule has 2 heterocycles. The summed E-state index contributed by atoms with van der Waals surface area (Å²) in [6.45, 7) is 1.33. The number of carbonyl (C=O) groups excluding carboxylic acids is 1. The number of nitrogens with zero attached hydrogens (tertiary/aromatic N) is 4. The number of amides is 1. The van der Waals surface area contributed by atoms with Gasteiger partial charge in [0.25, 0.3) is 5.91 Å². The van der Waals surface area contributed by atoms with E-state index in [0.29, 0.717) is 30.8 Å². The van der Waals surface area contributed by atoms with Gasteiger partial charge in [0.1, 0.15) is 5.82 Å². The molecule has 1 aromatic carbocycles. The largest absolute Gasteiger partial charge is 0.387 e. The van der Waals surface area contributed by atoms with E-state index in [4.69, 9.17) is 0 Å². The Balaban J connectivity index is 1.44. The second-order valence-electron chi connectivity index (χ2n) is 6.96. The number of benzene rings is 1. The first kappa shape index (κ1) is 21.5. The highest BCUT2D eigenvalue weighted by atomic mass is 19.1. The Kier molecular flexibility index (Phi) is 7.53. The van der Waals surface area contributed by atoms with Crippen molar-refractivity contribution in [3.05, 3.63) is 89.5 Å². The molecule has 0 saturated carbocycles. The lowest BCUT2D eigenvalue weighted by atomic mass is 10.1. The van der Waals surface area contributed by atoms with Gasteiger partial charge in [-0.3, -0.25) is 19.7 Å². The molecule has 0 fully saturated rings. The molecule has 2 N–H and O–H groups in total. The number of halogens is 1. The summed E-state index contributed by atoms with van der Waals surface area (Å²) in [5.41, 5.74) is 2.84. The van der Waals surface area contributed by atoms with Crippen LogP contribution in [0.1, 0.15) is 33.3 Å². The SMILES string of the molecule is CN(Cc1cnccn1)C(=O)c1ccc(CCNC[C@H](O)c2cncc(F)c2)cc1. The third-order valence-electron chi connectivity index (χ3n) is 4.60. The van der Waals surface area contributed by atoms with Crippen LogP contribution in [0.2, 0.25) is 0 Å². The van der Waals surface area contributed by atoms with E-state index >= 15 is 0 Å². The van der Waals surface area contributed by atoms with Gasteiger partial charge in [-0.05, 0) is 36.7 Å². The predicted molar refractivity (Wildman–Crippen MR) is 110 cm³/mol. The van der Waals surface area contributed by atoms with Crippen LogP contribution in [0.5, 0.6) is 0 Å². The number of rotatable bonds is 9. The van der Waals surface area contributed by atoms with Crippen molar-refractivity contribution in [2.45, 2.75) is 19.1 Å². The van der Waals surface area contributed by atoms with E-state index in [1.165, 1.54) is 12.3 Å². The van der Waals surface area contributed by atoms with E-state index in [0.717, 1.165) is 23.9 Å². The molecular weight excluding hydrogens is 385 g/mol. The van der Waals surface area contributed by atoms with Crippen LogP contribution in [0, 0.1) is 5.82 Å². The topological polar surface area (TPSA) is 91.2 Å². The zero-order valence-electron chi connectivity index (χ0n) is 16.7. The number of pyridine rings is 1. The third-order valence-corrected chi connectivity index (χ3v) is 4.60. The standard InChI is InChI=1S/C22H24FN5O2/c1-28(15-20-13-25-8-9-27-20)22(30)17-4-2-16(3-5-17)6-7-24-14-21(29)18-10-19(23)12-26-11-18/h2-5,8-13,21,24,29H,6-7,14-15H2,1H3/t21-/m0/s1. The summed E-state index contributed by atoms with van der Waals surface area (Å²) < 4.78 is 13.2. The van der Waals surface area contributed by atoms with E-state index in [2.05, 4.69) is 20.3 Å². The van der Waals surface area contributed by atoms with Crippen molar-refractivity contribution in [1.82, 2.24) is 25.2 Å². The number of aromatic nitrogens is 3. The van der Waals surface area contributed by atoms with Crippen LogP contribution in [0.4, 0.5) is 4.39 Å². The number of carbonyl (C=O) groups is 1. The molecule has 1 atom stereocenters. The number of hydrogen-bond donors (Lipinski definition) is 2. The lowest BCUT2D eigenvalue weighted by molar-refractivity contribution is 0.0783. The molecule has 30 heavy (non-hydrogen) atoms. The number of hydrogen-bond acceptors (Lipinski definition) is 6. The molecule has 156 valence electrons. The van der Waals surface area contributed by atoms with E-state index in [1.54, 1.807) is 42.7 Å². The van der Waals surface area contributed by atoms with E-state index in [9.17, 15) is 14.3 Å². The molecule has 8 heteroatoms. The predicted octanol–water partition coefficient (Wildman–Crippen LogP) is 2.15. The average molecular weight is 409 g/mol. The van der Waals surface area contributed by atoms with Crippen molar-refractivity contribution < 1.29 is 14.3 Å². The molecule has 1 amide bonds. The monoisotopic (exact) mass is 409 g/mol. The van der Waals surface area contributed by atoms with Gasteiger partial charge in [-0.25, -0.2) is 4.39 Å². The Morgan fingerprint density at radius 3 is 2.67 bits per heavy atom. The molecule has 2 aromatic heterocycles. The number of aliphatic hydroxyl groups is 1. The van der Waals surface area contributed by atoms with Crippen molar-refractivity contribution >= 4 is 5.91 Å². The van der Waals surface area contributed by atoms with Gasteiger partial charge >= 0.3 is 0 Å². The Labute approximate surface area is 174 Å². The Hall–Kier alpha value is -3.23. The van der Waals surface area contributed by atoms with Crippen molar-refractivity contribution in [3.8, 4) is 0 Å². The second-order valence-corrected chi connectivity index (χ2v) is 6.96. The molecule has 0 aliphatic heterocycles. The van der Waals surface area contributed by atoms with Gasteiger partial charge < -0.3 is 15.3 Å². The molecule has 0 saturated heterocycles. The van der Waals surface area contributed by atoms with Gasteiger partial charge in [0.15, 0.2) is 0 Å². The zero-order chi connectivity index (χ0) is 21.3. The van der Waals surface area contributed by atoms with Gasteiger partial charge in [-0.15, -0.1) is 0 Å². The van der Waals surface area contributed by atoms with Crippen LogP contribution in [0.3, 0.4) is 0 Å². The van der Waals surface area contributed by atoms with E-state index in [-0.39, 0.29) is 5.91 Å². The first-order chi connectivity index (χ1) is 14.5. The van der Waals surface area contributed by atoms with E-state index < -0.39 is 11.9 Å². The lowest BCUT2D eigenvalue weighted by Crippen LogP contribution is -2.26. The highest BCUT2D eigenvalue weighted by molar-refractivity contribution is 5.94. The molecule has 0 radical (unpaired) electrons. The smallest absolute Gasteiger partial charge is 0.253 e. The molecule has 0 aliphatic carbocycles. The Bertz CT molecular complexity index is 953. The van der Waals surface area contributed by atoms with Crippen LogP contribution in [0.25, 0.3) is 0 Å². The molecule has 0 aliphatic rings. The minimum Gasteiger partial charge on any atom is -0.387 e. The van der Waals surface area contributed by atoms with Gasteiger partial charge in [0, 0.05) is 43.3 Å². The maximum Gasteiger partial charge on any atom is 0.253 e. The van der Waals surface area contributed by atoms with Crippen LogP contribution in [0.15, 0.2) is 61.3 Å². The van der Waals surface area contributed by atoms with Gasteiger partial charge in [0.05, 0.1) is 30.7 Å². The fourth-order valence-electron chi connectivity index (χ4n) is 2.96. The molecule has 3 aromatic rings. The fraction of sp³-hybridized carbons (Fsp3) is 0.273. The summed E-state index contributed by atoms with van der Waals surface area (Å²) in [7, 11) is 1.73. The van der Waals surface area contributed by atoms with Crippen LogP contribution in [-0.4, -0.2) is 51.0 Å². The summed E-state index contributed by atoms with van der Waals surface area (Å²) in [5.74, 6) is -0.555. The van der Waals surface area contributed by atoms with E-state index in [1.807, 2.05) is 12.1 Å². The quantitative estimate of drug-likeness (QED) is 0.526. The summed E-state index contributed by atoms with van der Waals surface area (Å²) in [6, 6.07) is 8.71. The maximum absolute atomic E-state index is 13.2. The molecule has 7 nitrogen and oxygen atoms in total. The normalized spacial score (nSPS) is 11.8. The molecular formula is C22H24FN5O2. The van der Waals surface area contributed by atoms with Crippen molar-refractivity contribution in [3.63, 3.8) is 0 Å². The number of nitrogens with one attached hydrogen (secondary N) is 1. The minimum atomic E-state index is -0.821. The van der Waals surface area contributed by atoms with Gasteiger partial charge in [-0.1, -0.05) is 12.1 Å². The Morgan fingerprint density at radius 2 is 1.97 bits per heavy atom. The van der Waals surface area contributed by atoms with Crippen LogP contribution in [-0.2, 0) is 13.0 Å². The molecule has 0 unspecified atom stereocenters. The number of aliphatic hydroxyl groups excluding tert-OH is 1. The van der Waals surface area contributed by atoms with Crippen molar-refractivity contribution in [2.75, 3.05) is 20.1 Å². The van der Waals surface area contributed by atoms with Crippen LogP contribution >= 0.6 is 0 Å². The summed E-state index contributed by atoms with van der Waals surface area (Å²) in [6.07, 6.45) is 7.30. The van der Waals surface area contributed by atoms with Crippen LogP contribution < -0.4 is 5.32 Å². The maximum atomic E-state index is 13.2. The first-order valence-electron chi connectivity index (χ1n) is 9.61. The van der Waals surface area contributed by atoms with Crippen molar-refractivity contribution in [1.29, 1.82) is 0 Å². The summed E-state index contributed by atoms with van der Waals surface area (Å²) >= 11 is 0. The minimum absolute atomic E-state index is 0.0860. The zero-order valence-corrected chi connectivity index (χ0v) is 16.7. The second kappa shape index (κ2) is 10.5. The molecule has 0 bridgehead atoms. The molecule has 3 rings (SSSR count). The van der Waals surface area contributed by atoms with Crippen molar-refractivity contribution in [2.24, 2.45) is 0 Å². The molecule has 0 spiro atoms. The van der Waals surface area contributed by atoms with Gasteiger partial charge in [-0.2, -0.15) is 0 Å². The Morgan fingerprint density at radius 1 is 1.17 bits per heavy atom. The summed E-state index contributed by atoms with van der Waals surface area (Å²) in [5, 5.41) is 13.2. The fourth-order valence-corrected chi connectivity index (χ4v) is 2.96. The highest BCUT2D eigenvalue weighted by Crippen LogP contribution is 2.12. The summed E-state index contributed by atoms with van der Waals surface area (Å²) in [4.78, 5) is 26.1. The third kappa shape index (κ3) is 6.13. The highest BCUT2D eigenvalue weighted by Gasteiger charge is 2.13. The average Bonchev–Trinajstić information content (AvgIpc) is 2.77.